The molecule has 0 saturated carbocycles. The molecular formula is C16H25ClN2OS. The first-order valence-electron chi connectivity index (χ1n) is 7.76. The van der Waals surface area contributed by atoms with E-state index in [0.717, 1.165) is 43.8 Å². The Balaban J connectivity index is 0.00000161. The zero-order chi connectivity index (χ0) is 14.1. The second kappa shape index (κ2) is 7.12. The lowest BCUT2D eigenvalue weighted by atomic mass is 9.88. The minimum absolute atomic E-state index is 0. The van der Waals surface area contributed by atoms with Crippen molar-refractivity contribution in [1.82, 2.24) is 10.6 Å². The second-order valence-corrected chi connectivity index (χ2v) is 7.41. The number of halogens is 1. The highest BCUT2D eigenvalue weighted by molar-refractivity contribution is 7.10. The van der Waals surface area contributed by atoms with Crippen molar-refractivity contribution in [2.75, 3.05) is 13.1 Å². The van der Waals surface area contributed by atoms with E-state index in [0.29, 0.717) is 5.92 Å². The monoisotopic (exact) mass is 328 g/mol. The van der Waals surface area contributed by atoms with Gasteiger partial charge in [0, 0.05) is 22.8 Å². The molecule has 3 nitrogen and oxygen atoms in total. The van der Waals surface area contributed by atoms with Gasteiger partial charge < -0.3 is 10.6 Å². The van der Waals surface area contributed by atoms with Gasteiger partial charge in [0.2, 0.25) is 0 Å². The molecule has 3 atom stereocenters. The first kappa shape index (κ1) is 16.8. The number of amides is 1. The number of rotatable bonds is 2. The van der Waals surface area contributed by atoms with Gasteiger partial charge in [0.15, 0.2) is 0 Å². The van der Waals surface area contributed by atoms with E-state index in [1.54, 1.807) is 11.3 Å². The van der Waals surface area contributed by atoms with E-state index in [2.05, 4.69) is 29.9 Å². The van der Waals surface area contributed by atoms with E-state index < -0.39 is 0 Å². The minimum Gasteiger partial charge on any atom is -0.348 e. The van der Waals surface area contributed by atoms with Gasteiger partial charge in [-0.3, -0.25) is 4.79 Å². The average Bonchev–Trinajstić information content (AvgIpc) is 2.84. The lowest BCUT2D eigenvalue weighted by molar-refractivity contribution is 0.0914. The zero-order valence-corrected chi connectivity index (χ0v) is 14.4. The van der Waals surface area contributed by atoms with Crippen molar-refractivity contribution in [2.24, 2.45) is 11.8 Å². The molecule has 2 heterocycles. The van der Waals surface area contributed by atoms with Gasteiger partial charge in [-0.1, -0.05) is 13.8 Å². The van der Waals surface area contributed by atoms with E-state index >= 15 is 0 Å². The van der Waals surface area contributed by atoms with Crippen molar-refractivity contribution >= 4 is 29.7 Å². The Hall–Kier alpha value is -0.580. The van der Waals surface area contributed by atoms with Crippen LogP contribution in [0.15, 0.2) is 5.38 Å². The van der Waals surface area contributed by atoms with Crippen LogP contribution in [-0.4, -0.2) is 25.0 Å². The van der Waals surface area contributed by atoms with Gasteiger partial charge in [0.05, 0.1) is 5.56 Å². The third kappa shape index (κ3) is 3.61. The summed E-state index contributed by atoms with van der Waals surface area (Å²) in [7, 11) is 0. The molecule has 21 heavy (non-hydrogen) atoms. The Morgan fingerprint density at radius 2 is 2.19 bits per heavy atom. The molecule has 0 aromatic carbocycles. The Morgan fingerprint density at radius 1 is 1.38 bits per heavy atom. The van der Waals surface area contributed by atoms with Crippen LogP contribution in [-0.2, 0) is 12.8 Å². The number of carbonyl (C=O) groups is 1. The van der Waals surface area contributed by atoms with E-state index in [9.17, 15) is 4.79 Å². The lowest BCUT2D eigenvalue weighted by Crippen LogP contribution is -2.50. The molecule has 3 rings (SSSR count). The Morgan fingerprint density at radius 3 is 2.95 bits per heavy atom. The highest BCUT2D eigenvalue weighted by Gasteiger charge is 2.27. The van der Waals surface area contributed by atoms with Crippen LogP contribution >= 0.6 is 23.7 Å². The third-order valence-electron chi connectivity index (χ3n) is 4.79. The number of thiophene rings is 1. The lowest BCUT2D eigenvalue weighted by Gasteiger charge is -2.30. The fourth-order valence-corrected chi connectivity index (χ4v) is 4.54. The van der Waals surface area contributed by atoms with Gasteiger partial charge in [-0.25, -0.2) is 0 Å². The Kier molecular flexibility index (Phi) is 5.69. The molecule has 1 fully saturated rings. The number of piperidine rings is 1. The number of hydrogen-bond acceptors (Lipinski definition) is 3. The van der Waals surface area contributed by atoms with Crippen LogP contribution in [0.5, 0.6) is 0 Å². The van der Waals surface area contributed by atoms with Crippen molar-refractivity contribution in [3.8, 4) is 0 Å². The molecule has 1 aromatic heterocycles. The predicted molar refractivity (Wildman–Crippen MR) is 90.7 cm³/mol. The van der Waals surface area contributed by atoms with Gasteiger partial charge in [-0.05, 0) is 49.6 Å². The highest BCUT2D eigenvalue weighted by Crippen LogP contribution is 2.32. The number of carbonyl (C=O) groups excluding carboxylic acids is 1. The van der Waals surface area contributed by atoms with E-state index in [4.69, 9.17) is 0 Å². The first-order valence-corrected chi connectivity index (χ1v) is 8.64. The molecule has 0 spiro atoms. The highest BCUT2D eigenvalue weighted by atomic mass is 35.5. The normalized spacial score (nSPS) is 28.4. The molecule has 1 amide bonds. The summed E-state index contributed by atoms with van der Waals surface area (Å²) in [6, 6.07) is 0.273. The predicted octanol–water partition coefficient (Wildman–Crippen LogP) is 3.02. The SMILES string of the molecule is CC1CCc2c(C(=O)NC3CNCCC3C)csc2C1.Cl. The fourth-order valence-electron chi connectivity index (χ4n) is 3.30. The quantitative estimate of drug-likeness (QED) is 0.876. The van der Waals surface area contributed by atoms with Gasteiger partial charge >= 0.3 is 0 Å². The maximum atomic E-state index is 12.5. The molecule has 1 saturated heterocycles. The van der Waals surface area contributed by atoms with Crippen LogP contribution in [0.25, 0.3) is 0 Å². The first-order chi connectivity index (χ1) is 9.65. The molecule has 2 aliphatic rings. The summed E-state index contributed by atoms with van der Waals surface area (Å²) in [6.07, 6.45) is 4.57. The molecular weight excluding hydrogens is 304 g/mol. The number of fused-ring (bicyclic) bond motifs is 1. The van der Waals surface area contributed by atoms with Crippen LogP contribution in [0.2, 0.25) is 0 Å². The van der Waals surface area contributed by atoms with Crippen molar-refractivity contribution in [1.29, 1.82) is 0 Å². The van der Waals surface area contributed by atoms with E-state index in [1.807, 2.05) is 0 Å². The Labute approximate surface area is 137 Å². The van der Waals surface area contributed by atoms with Crippen LogP contribution in [0.4, 0.5) is 0 Å². The van der Waals surface area contributed by atoms with Crippen molar-refractivity contribution in [3.05, 3.63) is 21.4 Å². The minimum atomic E-state index is 0. The Bertz CT molecular complexity index is 502. The number of nitrogens with one attached hydrogen (secondary N) is 2. The standard InChI is InChI=1S/C16H24N2OS.ClH/c1-10-3-4-12-13(9-20-15(12)7-10)16(19)18-14-8-17-6-5-11(14)2;/h9-11,14,17H,3-8H2,1-2H3,(H,18,19);1H. The molecule has 5 heteroatoms. The maximum absolute atomic E-state index is 12.5. The third-order valence-corrected chi connectivity index (χ3v) is 5.84. The maximum Gasteiger partial charge on any atom is 0.252 e. The van der Waals surface area contributed by atoms with Crippen LogP contribution in [0.3, 0.4) is 0 Å². The van der Waals surface area contributed by atoms with Crippen molar-refractivity contribution in [3.63, 3.8) is 0 Å². The van der Waals surface area contributed by atoms with Crippen molar-refractivity contribution in [2.45, 2.75) is 45.6 Å². The largest absolute Gasteiger partial charge is 0.348 e. The van der Waals surface area contributed by atoms with E-state index in [-0.39, 0.29) is 24.4 Å². The van der Waals surface area contributed by atoms with Gasteiger partial charge in [-0.2, -0.15) is 0 Å². The van der Waals surface area contributed by atoms with Crippen LogP contribution in [0, 0.1) is 11.8 Å². The molecule has 118 valence electrons. The number of hydrogen-bond donors (Lipinski definition) is 2. The van der Waals surface area contributed by atoms with Crippen molar-refractivity contribution < 1.29 is 4.79 Å². The topological polar surface area (TPSA) is 41.1 Å². The van der Waals surface area contributed by atoms with Crippen LogP contribution in [0.1, 0.15) is 47.5 Å². The summed E-state index contributed by atoms with van der Waals surface area (Å²) in [4.78, 5) is 14.0. The summed E-state index contributed by atoms with van der Waals surface area (Å²) < 4.78 is 0. The second-order valence-electron chi connectivity index (χ2n) is 6.45. The summed E-state index contributed by atoms with van der Waals surface area (Å²) in [5, 5.41) is 8.68. The zero-order valence-electron chi connectivity index (χ0n) is 12.8. The summed E-state index contributed by atoms with van der Waals surface area (Å²) in [5.74, 6) is 1.46. The molecule has 0 bridgehead atoms. The van der Waals surface area contributed by atoms with Gasteiger partial charge in [0.25, 0.3) is 5.91 Å². The fraction of sp³-hybridized carbons (Fsp3) is 0.688. The molecule has 1 aliphatic carbocycles. The van der Waals surface area contributed by atoms with Crippen LogP contribution < -0.4 is 10.6 Å². The summed E-state index contributed by atoms with van der Waals surface area (Å²) >= 11 is 1.77. The summed E-state index contributed by atoms with van der Waals surface area (Å²) in [6.45, 7) is 6.50. The average molecular weight is 329 g/mol. The van der Waals surface area contributed by atoms with Gasteiger partial charge in [0.1, 0.15) is 0 Å². The molecule has 0 radical (unpaired) electrons. The summed E-state index contributed by atoms with van der Waals surface area (Å²) in [5.41, 5.74) is 2.26. The molecule has 1 aliphatic heterocycles. The smallest absolute Gasteiger partial charge is 0.252 e. The van der Waals surface area contributed by atoms with Gasteiger partial charge in [-0.15, -0.1) is 23.7 Å². The molecule has 1 aromatic rings. The molecule has 3 unspecified atom stereocenters. The molecule has 2 N–H and O–H groups in total. The van der Waals surface area contributed by atoms with E-state index in [1.165, 1.54) is 16.9 Å².